The normalized spacial score (nSPS) is 18.3. The summed E-state index contributed by atoms with van der Waals surface area (Å²) in [6.07, 6.45) is 0.867. The Morgan fingerprint density at radius 1 is 1.02 bits per heavy atom. The number of carbonyl (C=O) groups is 4. The highest BCUT2D eigenvalue weighted by atomic mass is 16.5. The molecule has 2 heterocycles. The molecule has 5 amide bonds. The summed E-state index contributed by atoms with van der Waals surface area (Å²) in [5.74, 6) is 0.274. The molecule has 3 aromatic carbocycles. The van der Waals surface area contributed by atoms with Gasteiger partial charge in [0, 0.05) is 26.7 Å². The van der Waals surface area contributed by atoms with E-state index in [2.05, 4.69) is 17.2 Å². The molecule has 5 rings (SSSR count). The van der Waals surface area contributed by atoms with Crippen molar-refractivity contribution in [3.63, 3.8) is 0 Å². The Kier molecular flexibility index (Phi) is 10.4. The first kappa shape index (κ1) is 32.3. The number of piperazine rings is 1. The highest BCUT2D eigenvalue weighted by Crippen LogP contribution is 2.30. The van der Waals surface area contributed by atoms with Crippen LogP contribution in [0.5, 0.6) is 5.75 Å². The molecule has 242 valence electrons. The Morgan fingerprint density at radius 3 is 2.54 bits per heavy atom. The molecular formula is C34H40N6O6. The highest BCUT2D eigenvalue weighted by molar-refractivity contribution is 5.92. The van der Waals surface area contributed by atoms with Crippen molar-refractivity contribution in [1.82, 2.24) is 30.5 Å². The Bertz CT molecular complexity index is 1570. The third-order valence-corrected chi connectivity index (χ3v) is 8.25. The van der Waals surface area contributed by atoms with E-state index >= 15 is 0 Å². The third-order valence-electron chi connectivity index (χ3n) is 8.25. The third kappa shape index (κ3) is 7.23. The van der Waals surface area contributed by atoms with Crippen molar-refractivity contribution < 1.29 is 28.7 Å². The topological polar surface area (TPSA) is 124 Å². The van der Waals surface area contributed by atoms with Crippen LogP contribution < -0.4 is 15.4 Å². The number of rotatable bonds is 11. The number of hydrazine groups is 1. The molecule has 12 nitrogen and oxygen atoms in total. The molecule has 2 saturated heterocycles. The van der Waals surface area contributed by atoms with E-state index in [9.17, 15) is 19.2 Å². The lowest BCUT2D eigenvalue weighted by molar-refractivity contribution is -0.188. The van der Waals surface area contributed by atoms with Crippen LogP contribution in [0.2, 0.25) is 0 Å². The minimum atomic E-state index is -0.821. The van der Waals surface area contributed by atoms with Gasteiger partial charge >= 0.3 is 12.1 Å². The van der Waals surface area contributed by atoms with Gasteiger partial charge in [0.2, 0.25) is 11.8 Å². The van der Waals surface area contributed by atoms with E-state index in [1.165, 1.54) is 11.1 Å². The average Bonchev–Trinajstić information content (AvgIpc) is 3.06. The quantitative estimate of drug-likeness (QED) is 0.246. The van der Waals surface area contributed by atoms with Gasteiger partial charge in [0.05, 0.1) is 20.2 Å². The van der Waals surface area contributed by atoms with E-state index in [4.69, 9.17) is 9.47 Å². The molecule has 2 aliphatic heterocycles. The summed E-state index contributed by atoms with van der Waals surface area (Å²) in [5, 5.41) is 10.9. The number of hydrogen-bond donors (Lipinski definition) is 2. The molecule has 0 spiro atoms. The van der Waals surface area contributed by atoms with Crippen LogP contribution in [0, 0.1) is 0 Å². The lowest BCUT2D eigenvalue weighted by Crippen LogP contribution is -2.75. The van der Waals surface area contributed by atoms with Crippen LogP contribution in [-0.2, 0) is 27.4 Å². The summed E-state index contributed by atoms with van der Waals surface area (Å²) in [6, 6.07) is 20.2. The first-order valence-electron chi connectivity index (χ1n) is 15.3. The van der Waals surface area contributed by atoms with Crippen LogP contribution in [0.15, 0.2) is 79.4 Å². The number of nitrogens with zero attached hydrogens (tertiary/aromatic N) is 4. The lowest BCUT2D eigenvalue weighted by atomic mass is 9.99. The molecule has 0 saturated carbocycles. The smallest absolute Gasteiger partial charge is 0.407 e. The second-order valence-corrected chi connectivity index (χ2v) is 11.3. The number of methoxy groups -OCH3 is 1. The second-order valence-electron chi connectivity index (χ2n) is 11.3. The SMILES string of the molecule is C=CCOC(=O)NCCCC1C(=O)N(Cc2cccc3ccccc23)CC2N1C(=O)CN(C)N2C(=O)NCc1ccc(OC)cc1. The van der Waals surface area contributed by atoms with Gasteiger partial charge in [-0.25, -0.2) is 19.6 Å². The van der Waals surface area contributed by atoms with Gasteiger partial charge in [-0.2, -0.15) is 0 Å². The van der Waals surface area contributed by atoms with Crippen LogP contribution in [0.1, 0.15) is 24.0 Å². The Balaban J connectivity index is 1.38. The van der Waals surface area contributed by atoms with E-state index < -0.39 is 18.3 Å². The van der Waals surface area contributed by atoms with Crippen molar-refractivity contribution in [2.45, 2.75) is 38.1 Å². The Morgan fingerprint density at radius 2 is 1.78 bits per heavy atom. The van der Waals surface area contributed by atoms with E-state index in [1.807, 2.05) is 66.7 Å². The predicted molar refractivity (Wildman–Crippen MR) is 172 cm³/mol. The molecule has 2 aliphatic rings. The van der Waals surface area contributed by atoms with Crippen molar-refractivity contribution in [3.8, 4) is 5.75 Å². The molecular weight excluding hydrogens is 588 g/mol. The fraction of sp³-hybridized carbons (Fsp3) is 0.353. The number of alkyl carbamates (subject to hydrolysis) is 1. The van der Waals surface area contributed by atoms with E-state index in [0.29, 0.717) is 25.1 Å². The molecule has 0 aromatic heterocycles. The molecule has 2 fully saturated rings. The second kappa shape index (κ2) is 14.8. The van der Waals surface area contributed by atoms with Gasteiger partial charge in [0.15, 0.2) is 0 Å². The molecule has 0 aliphatic carbocycles. The van der Waals surface area contributed by atoms with Crippen molar-refractivity contribution in [3.05, 3.63) is 90.5 Å². The number of fused-ring (bicyclic) bond motifs is 2. The van der Waals surface area contributed by atoms with Gasteiger partial charge in [0.25, 0.3) is 0 Å². The minimum Gasteiger partial charge on any atom is -0.497 e. The Labute approximate surface area is 268 Å². The number of hydrogen-bond acceptors (Lipinski definition) is 7. The highest BCUT2D eigenvalue weighted by Gasteiger charge is 2.50. The van der Waals surface area contributed by atoms with E-state index in [1.54, 1.807) is 29.0 Å². The number of likely N-dealkylation sites (N-methyl/N-ethyl adjacent to an activating group) is 1. The first-order valence-corrected chi connectivity index (χ1v) is 15.3. The predicted octanol–water partition coefficient (Wildman–Crippen LogP) is 3.48. The van der Waals surface area contributed by atoms with Crippen LogP contribution in [0.4, 0.5) is 9.59 Å². The van der Waals surface area contributed by atoms with Gasteiger partial charge in [-0.05, 0) is 46.9 Å². The molecule has 12 heteroatoms. The minimum absolute atomic E-state index is 0.0638. The van der Waals surface area contributed by atoms with Gasteiger partial charge in [-0.1, -0.05) is 67.3 Å². The summed E-state index contributed by atoms with van der Waals surface area (Å²) in [5.41, 5.74) is 1.85. The van der Waals surface area contributed by atoms with E-state index in [0.717, 1.165) is 21.9 Å². The van der Waals surface area contributed by atoms with Gasteiger partial charge in [-0.3, -0.25) is 9.59 Å². The molecule has 2 atom stereocenters. The van der Waals surface area contributed by atoms with Crippen molar-refractivity contribution in [2.24, 2.45) is 0 Å². The maximum Gasteiger partial charge on any atom is 0.407 e. The van der Waals surface area contributed by atoms with Crippen molar-refractivity contribution >= 4 is 34.7 Å². The fourth-order valence-corrected chi connectivity index (χ4v) is 6.03. The van der Waals surface area contributed by atoms with Crippen molar-refractivity contribution in [1.29, 1.82) is 0 Å². The molecule has 0 bridgehead atoms. The molecule has 3 aromatic rings. The van der Waals surface area contributed by atoms with Crippen LogP contribution in [0.3, 0.4) is 0 Å². The number of benzene rings is 3. The molecule has 2 unspecified atom stereocenters. The van der Waals surface area contributed by atoms with Crippen LogP contribution in [-0.4, -0.2) is 96.4 Å². The van der Waals surface area contributed by atoms with Gasteiger partial charge in [-0.15, -0.1) is 0 Å². The number of amides is 5. The lowest BCUT2D eigenvalue weighted by Gasteiger charge is -2.54. The number of nitrogens with one attached hydrogen (secondary N) is 2. The molecule has 2 N–H and O–H groups in total. The van der Waals surface area contributed by atoms with Crippen LogP contribution >= 0.6 is 0 Å². The summed E-state index contributed by atoms with van der Waals surface area (Å²) in [6.45, 7) is 4.52. The zero-order chi connectivity index (χ0) is 32.6. The van der Waals surface area contributed by atoms with Crippen LogP contribution in [0.25, 0.3) is 10.8 Å². The standard InChI is InChI=1S/C34H40N6O6/c1-4-19-46-34(44)35-18-8-13-29-32(42)38(21-26-11-7-10-25-9-5-6-12-28(25)26)22-30-39(29)31(41)23-37(2)40(30)33(43)36-20-24-14-16-27(45-3)17-15-24/h4-7,9-12,14-17,29-30H,1,8,13,18-23H2,2-3H3,(H,35,44)(H,36,43). The zero-order valence-electron chi connectivity index (χ0n) is 26.2. The largest absolute Gasteiger partial charge is 0.497 e. The average molecular weight is 629 g/mol. The summed E-state index contributed by atoms with van der Waals surface area (Å²) >= 11 is 0. The van der Waals surface area contributed by atoms with Gasteiger partial charge in [0.1, 0.15) is 24.6 Å². The maximum absolute atomic E-state index is 14.1. The first-order chi connectivity index (χ1) is 22.3. The maximum atomic E-state index is 14.1. The van der Waals surface area contributed by atoms with E-state index in [-0.39, 0.29) is 50.6 Å². The molecule has 0 radical (unpaired) electrons. The summed E-state index contributed by atoms with van der Waals surface area (Å²) in [4.78, 5) is 56.6. The number of urea groups is 1. The number of ether oxygens (including phenoxy) is 2. The number of carbonyl (C=O) groups excluding carboxylic acids is 4. The van der Waals surface area contributed by atoms with Gasteiger partial charge < -0.3 is 29.9 Å². The summed E-state index contributed by atoms with van der Waals surface area (Å²) in [7, 11) is 3.29. The zero-order valence-corrected chi connectivity index (χ0v) is 26.2. The molecule has 46 heavy (non-hydrogen) atoms. The van der Waals surface area contributed by atoms with Crippen molar-refractivity contribution in [2.75, 3.05) is 40.4 Å². The Hall–Kier alpha value is -5.10. The fourth-order valence-electron chi connectivity index (χ4n) is 6.03. The summed E-state index contributed by atoms with van der Waals surface area (Å²) < 4.78 is 10.2. The monoisotopic (exact) mass is 628 g/mol.